The van der Waals surface area contributed by atoms with Crippen molar-refractivity contribution < 1.29 is 13.2 Å². The predicted octanol–water partition coefficient (Wildman–Crippen LogP) is 1.53. The molecule has 0 spiro atoms. The second-order valence-electron chi connectivity index (χ2n) is 5.02. The lowest BCUT2D eigenvalue weighted by atomic mass is 10.1. The number of rotatable bonds is 3. The number of carbonyl (C=O) groups excluding carboxylic acids is 1. The van der Waals surface area contributed by atoms with Crippen LogP contribution in [0.3, 0.4) is 0 Å². The zero-order valence-corrected chi connectivity index (χ0v) is 12.7. The van der Waals surface area contributed by atoms with Crippen LogP contribution in [0.25, 0.3) is 0 Å². The van der Waals surface area contributed by atoms with E-state index in [4.69, 9.17) is 0 Å². The number of piperidine rings is 1. The number of aryl methyl sites for hydroxylation is 1. The summed E-state index contributed by atoms with van der Waals surface area (Å²) in [6.07, 6.45) is 2.87. The lowest BCUT2D eigenvalue weighted by molar-refractivity contribution is 0.0963. The van der Waals surface area contributed by atoms with Gasteiger partial charge in [-0.2, -0.15) is 4.31 Å². The van der Waals surface area contributed by atoms with Crippen molar-refractivity contribution in [1.29, 1.82) is 0 Å². The van der Waals surface area contributed by atoms with E-state index in [2.05, 4.69) is 5.32 Å². The maximum atomic E-state index is 12.7. The van der Waals surface area contributed by atoms with Crippen LogP contribution in [0.4, 0.5) is 0 Å². The summed E-state index contributed by atoms with van der Waals surface area (Å²) in [5, 5.41) is 2.51. The lowest BCUT2D eigenvalue weighted by Crippen LogP contribution is -2.36. The van der Waals surface area contributed by atoms with Gasteiger partial charge in [-0.25, -0.2) is 8.42 Å². The minimum atomic E-state index is -3.50. The summed E-state index contributed by atoms with van der Waals surface area (Å²) in [7, 11) is -1.97. The van der Waals surface area contributed by atoms with E-state index < -0.39 is 10.0 Å². The number of hydrogen-bond acceptors (Lipinski definition) is 3. The van der Waals surface area contributed by atoms with Crippen molar-refractivity contribution in [2.45, 2.75) is 31.1 Å². The highest BCUT2D eigenvalue weighted by Crippen LogP contribution is 2.24. The molecule has 5 nitrogen and oxygen atoms in total. The van der Waals surface area contributed by atoms with E-state index in [0.29, 0.717) is 24.2 Å². The van der Waals surface area contributed by atoms with E-state index >= 15 is 0 Å². The first-order valence-electron chi connectivity index (χ1n) is 6.79. The molecule has 1 amide bonds. The number of nitrogens with one attached hydrogen (secondary N) is 1. The summed E-state index contributed by atoms with van der Waals surface area (Å²) < 4.78 is 26.9. The van der Waals surface area contributed by atoms with Gasteiger partial charge < -0.3 is 5.32 Å². The van der Waals surface area contributed by atoms with E-state index in [-0.39, 0.29) is 10.8 Å². The Balaban J connectivity index is 2.42. The topological polar surface area (TPSA) is 66.5 Å². The highest BCUT2D eigenvalue weighted by atomic mass is 32.2. The third-order valence-corrected chi connectivity index (χ3v) is 5.65. The third-order valence-electron chi connectivity index (χ3n) is 3.61. The molecule has 1 aromatic carbocycles. The number of amides is 1. The maximum absolute atomic E-state index is 12.7. The molecule has 0 saturated carbocycles. The summed E-state index contributed by atoms with van der Waals surface area (Å²) >= 11 is 0. The largest absolute Gasteiger partial charge is 0.355 e. The van der Waals surface area contributed by atoms with Crippen LogP contribution >= 0.6 is 0 Å². The summed E-state index contributed by atoms with van der Waals surface area (Å²) in [5.41, 5.74) is 1.04. The molecule has 0 radical (unpaired) electrons. The molecule has 0 atom stereocenters. The molecule has 1 aromatic rings. The average Bonchev–Trinajstić information content (AvgIpc) is 2.47. The first-order valence-corrected chi connectivity index (χ1v) is 8.23. The molecule has 6 heteroatoms. The molecule has 0 unspecified atom stereocenters. The molecule has 1 N–H and O–H groups in total. The molecular formula is C14H20N2O3S. The standard InChI is InChI=1S/C14H20N2O3S/c1-11-6-7-12(14(17)15-2)10-13(11)20(18,19)16-8-4-3-5-9-16/h6-7,10H,3-5,8-9H2,1-2H3,(H,15,17). The van der Waals surface area contributed by atoms with Gasteiger partial charge in [0, 0.05) is 25.7 Å². The van der Waals surface area contributed by atoms with Crippen LogP contribution in [0, 0.1) is 6.92 Å². The molecule has 20 heavy (non-hydrogen) atoms. The van der Waals surface area contributed by atoms with E-state index in [1.54, 1.807) is 19.1 Å². The van der Waals surface area contributed by atoms with Gasteiger partial charge in [0.05, 0.1) is 4.90 Å². The number of hydrogen-bond donors (Lipinski definition) is 1. The minimum Gasteiger partial charge on any atom is -0.355 e. The normalized spacial score (nSPS) is 16.9. The molecule has 110 valence electrons. The van der Waals surface area contributed by atoms with Gasteiger partial charge in [-0.05, 0) is 37.5 Å². The average molecular weight is 296 g/mol. The lowest BCUT2D eigenvalue weighted by Gasteiger charge is -2.26. The van der Waals surface area contributed by atoms with Crippen molar-refractivity contribution in [2.75, 3.05) is 20.1 Å². The second-order valence-corrected chi connectivity index (χ2v) is 6.93. The van der Waals surface area contributed by atoms with Gasteiger partial charge in [0.2, 0.25) is 10.0 Å². The van der Waals surface area contributed by atoms with E-state index in [1.165, 1.54) is 17.4 Å². The predicted molar refractivity (Wildman–Crippen MR) is 77.2 cm³/mol. The van der Waals surface area contributed by atoms with E-state index in [0.717, 1.165) is 19.3 Å². The monoisotopic (exact) mass is 296 g/mol. The summed E-state index contributed by atoms with van der Waals surface area (Å²) in [6.45, 7) is 2.88. The van der Waals surface area contributed by atoms with Crippen molar-refractivity contribution in [3.63, 3.8) is 0 Å². The molecule has 2 rings (SSSR count). The van der Waals surface area contributed by atoms with E-state index in [9.17, 15) is 13.2 Å². The molecule has 0 bridgehead atoms. The van der Waals surface area contributed by atoms with Gasteiger partial charge in [0.15, 0.2) is 0 Å². The van der Waals surface area contributed by atoms with Crippen molar-refractivity contribution in [3.05, 3.63) is 29.3 Å². The van der Waals surface area contributed by atoms with Crippen LogP contribution in [-0.4, -0.2) is 38.8 Å². The second kappa shape index (κ2) is 5.93. The fraction of sp³-hybridized carbons (Fsp3) is 0.500. The Morgan fingerprint density at radius 3 is 2.45 bits per heavy atom. The quantitative estimate of drug-likeness (QED) is 0.920. The Morgan fingerprint density at radius 1 is 1.20 bits per heavy atom. The molecule has 0 aliphatic carbocycles. The van der Waals surface area contributed by atoms with Crippen molar-refractivity contribution >= 4 is 15.9 Å². The Bertz CT molecular complexity index is 605. The molecule has 0 aromatic heterocycles. The highest BCUT2D eigenvalue weighted by molar-refractivity contribution is 7.89. The van der Waals surface area contributed by atoms with Crippen LogP contribution in [0.2, 0.25) is 0 Å². The first kappa shape index (κ1) is 15.0. The summed E-state index contributed by atoms with van der Waals surface area (Å²) in [5.74, 6) is -0.278. The molecule has 1 fully saturated rings. The van der Waals surface area contributed by atoms with Crippen LogP contribution < -0.4 is 5.32 Å². The zero-order valence-electron chi connectivity index (χ0n) is 11.8. The molecular weight excluding hydrogens is 276 g/mol. The first-order chi connectivity index (χ1) is 9.46. The SMILES string of the molecule is CNC(=O)c1ccc(C)c(S(=O)(=O)N2CCCCC2)c1. The van der Waals surface area contributed by atoms with Gasteiger partial charge in [0.25, 0.3) is 5.91 Å². The molecule has 1 heterocycles. The van der Waals surface area contributed by atoms with Crippen molar-refractivity contribution in [3.8, 4) is 0 Å². The fourth-order valence-corrected chi connectivity index (χ4v) is 4.18. The van der Waals surface area contributed by atoms with Gasteiger partial charge in [-0.3, -0.25) is 4.79 Å². The van der Waals surface area contributed by atoms with Crippen LogP contribution in [0.5, 0.6) is 0 Å². The highest BCUT2D eigenvalue weighted by Gasteiger charge is 2.27. The Morgan fingerprint density at radius 2 is 1.85 bits per heavy atom. The number of nitrogens with zero attached hydrogens (tertiary/aromatic N) is 1. The number of sulfonamides is 1. The Labute approximate surface area is 120 Å². The smallest absolute Gasteiger partial charge is 0.251 e. The van der Waals surface area contributed by atoms with Gasteiger partial charge in [-0.15, -0.1) is 0 Å². The Kier molecular flexibility index (Phi) is 4.45. The maximum Gasteiger partial charge on any atom is 0.251 e. The van der Waals surface area contributed by atoms with Gasteiger partial charge in [0.1, 0.15) is 0 Å². The zero-order chi connectivity index (χ0) is 14.8. The number of benzene rings is 1. The molecule has 1 aliphatic heterocycles. The Hall–Kier alpha value is -1.40. The fourth-order valence-electron chi connectivity index (χ4n) is 2.41. The summed E-state index contributed by atoms with van der Waals surface area (Å²) in [4.78, 5) is 11.9. The van der Waals surface area contributed by atoms with Crippen LogP contribution in [-0.2, 0) is 10.0 Å². The minimum absolute atomic E-state index is 0.237. The van der Waals surface area contributed by atoms with Crippen molar-refractivity contribution in [2.24, 2.45) is 0 Å². The molecule has 1 saturated heterocycles. The van der Waals surface area contributed by atoms with Crippen LogP contribution in [0.15, 0.2) is 23.1 Å². The van der Waals surface area contributed by atoms with E-state index in [1.807, 2.05) is 0 Å². The van der Waals surface area contributed by atoms with Gasteiger partial charge in [-0.1, -0.05) is 12.5 Å². The third kappa shape index (κ3) is 2.86. The number of carbonyl (C=O) groups is 1. The molecule has 1 aliphatic rings. The van der Waals surface area contributed by atoms with Crippen LogP contribution in [0.1, 0.15) is 35.2 Å². The van der Waals surface area contributed by atoms with Gasteiger partial charge >= 0.3 is 0 Å². The van der Waals surface area contributed by atoms with Crippen molar-refractivity contribution in [1.82, 2.24) is 9.62 Å². The summed E-state index contributed by atoms with van der Waals surface area (Å²) in [6, 6.07) is 4.79.